The van der Waals surface area contributed by atoms with Gasteiger partial charge in [0.25, 0.3) is 0 Å². The van der Waals surface area contributed by atoms with E-state index in [9.17, 15) is 9.59 Å². The van der Waals surface area contributed by atoms with E-state index in [-0.39, 0.29) is 5.91 Å². The quantitative estimate of drug-likeness (QED) is 0.288. The van der Waals surface area contributed by atoms with Crippen LogP contribution in [-0.4, -0.2) is 5.91 Å². The number of carbonyl (C=O) groups excluding carboxylic acids is 1. The summed E-state index contributed by atoms with van der Waals surface area (Å²) < 4.78 is 5.44. The molecule has 1 aromatic heterocycles. The molecule has 5 rings (SSSR count). The highest BCUT2D eigenvalue weighted by Crippen LogP contribution is 2.32. The molecule has 1 N–H and O–H groups in total. The number of halogens is 1. The molecule has 1 amide bonds. The monoisotopic (exact) mass is 465 g/mol. The van der Waals surface area contributed by atoms with Crippen LogP contribution in [-0.2, 0) is 4.79 Å². The van der Waals surface area contributed by atoms with Crippen LogP contribution >= 0.6 is 11.6 Å². The molecule has 0 bridgehead atoms. The SMILES string of the molecule is O=C(Nc1ccc(-c2cc3ccccc3oc2=O)c(Cl)c1)C(c1ccccc1)c1ccccc1. The van der Waals surface area contributed by atoms with Crippen molar-refractivity contribution in [2.75, 3.05) is 5.32 Å². The summed E-state index contributed by atoms with van der Waals surface area (Å²) in [6.07, 6.45) is 0. The van der Waals surface area contributed by atoms with Gasteiger partial charge in [-0.1, -0.05) is 96.5 Å². The van der Waals surface area contributed by atoms with Crippen LogP contribution in [0.2, 0.25) is 5.02 Å². The molecule has 5 heteroatoms. The van der Waals surface area contributed by atoms with Crippen LogP contribution in [0, 0.1) is 0 Å². The Balaban J connectivity index is 1.46. The Morgan fingerprint density at radius 3 is 2.00 bits per heavy atom. The van der Waals surface area contributed by atoms with E-state index in [2.05, 4.69) is 5.32 Å². The molecule has 34 heavy (non-hydrogen) atoms. The molecule has 0 aliphatic rings. The molecule has 0 aliphatic carbocycles. The van der Waals surface area contributed by atoms with E-state index < -0.39 is 11.5 Å². The number of rotatable bonds is 5. The van der Waals surface area contributed by atoms with E-state index in [1.165, 1.54) is 0 Å². The van der Waals surface area contributed by atoms with Gasteiger partial charge in [-0.2, -0.15) is 0 Å². The van der Waals surface area contributed by atoms with Crippen molar-refractivity contribution in [3.63, 3.8) is 0 Å². The third-order valence-electron chi connectivity index (χ3n) is 5.70. The average molecular weight is 466 g/mol. The number of fused-ring (bicyclic) bond motifs is 1. The summed E-state index contributed by atoms with van der Waals surface area (Å²) in [5.41, 5.74) is 3.29. The van der Waals surface area contributed by atoms with Crippen LogP contribution in [0.25, 0.3) is 22.1 Å². The van der Waals surface area contributed by atoms with E-state index >= 15 is 0 Å². The molecule has 0 saturated heterocycles. The molecule has 4 nitrogen and oxygen atoms in total. The molecule has 0 aliphatic heterocycles. The number of hydrogen-bond acceptors (Lipinski definition) is 3. The fourth-order valence-corrected chi connectivity index (χ4v) is 4.34. The predicted octanol–water partition coefficient (Wildman–Crippen LogP) is 6.88. The number of nitrogens with one attached hydrogen (secondary N) is 1. The van der Waals surface area contributed by atoms with Crippen molar-refractivity contribution < 1.29 is 9.21 Å². The van der Waals surface area contributed by atoms with Crippen molar-refractivity contribution in [1.29, 1.82) is 0 Å². The third kappa shape index (κ3) is 4.36. The van der Waals surface area contributed by atoms with Gasteiger partial charge in [-0.3, -0.25) is 4.79 Å². The number of para-hydroxylation sites is 1. The van der Waals surface area contributed by atoms with E-state index in [0.29, 0.717) is 27.4 Å². The third-order valence-corrected chi connectivity index (χ3v) is 6.01. The smallest absolute Gasteiger partial charge is 0.344 e. The van der Waals surface area contributed by atoms with Crippen LogP contribution in [0.5, 0.6) is 0 Å². The second kappa shape index (κ2) is 9.38. The summed E-state index contributed by atoms with van der Waals surface area (Å²) in [6, 6.07) is 33.4. The molecule has 0 radical (unpaired) electrons. The van der Waals surface area contributed by atoms with Gasteiger partial charge in [0, 0.05) is 16.6 Å². The minimum Gasteiger partial charge on any atom is -0.422 e. The van der Waals surface area contributed by atoms with Gasteiger partial charge in [0.1, 0.15) is 5.58 Å². The number of amides is 1. The molecule has 0 spiro atoms. The Hall–Kier alpha value is -4.15. The summed E-state index contributed by atoms with van der Waals surface area (Å²) in [7, 11) is 0. The Bertz CT molecular complexity index is 1490. The van der Waals surface area contributed by atoms with E-state index in [1.807, 2.05) is 78.9 Å². The summed E-state index contributed by atoms with van der Waals surface area (Å²) in [4.78, 5) is 25.9. The highest BCUT2D eigenvalue weighted by molar-refractivity contribution is 6.33. The van der Waals surface area contributed by atoms with Gasteiger partial charge in [0.15, 0.2) is 0 Å². The van der Waals surface area contributed by atoms with Gasteiger partial charge in [-0.05, 0) is 35.4 Å². The molecule has 5 aromatic rings. The van der Waals surface area contributed by atoms with Crippen LogP contribution < -0.4 is 10.9 Å². The Morgan fingerprint density at radius 1 is 0.735 bits per heavy atom. The minimum absolute atomic E-state index is 0.175. The minimum atomic E-state index is -0.478. The summed E-state index contributed by atoms with van der Waals surface area (Å²) >= 11 is 6.55. The topological polar surface area (TPSA) is 59.3 Å². The zero-order valence-corrected chi connectivity index (χ0v) is 18.8. The number of anilines is 1. The molecule has 4 aromatic carbocycles. The maximum Gasteiger partial charge on any atom is 0.344 e. The molecular formula is C29H20ClNO3. The highest BCUT2D eigenvalue weighted by Gasteiger charge is 2.23. The Kier molecular flexibility index (Phi) is 5.98. The fourth-order valence-electron chi connectivity index (χ4n) is 4.06. The van der Waals surface area contributed by atoms with Crippen molar-refractivity contribution in [2.24, 2.45) is 0 Å². The van der Waals surface area contributed by atoms with Crippen LogP contribution in [0.4, 0.5) is 5.69 Å². The maximum absolute atomic E-state index is 13.4. The van der Waals surface area contributed by atoms with Crippen LogP contribution in [0.15, 0.2) is 118 Å². The van der Waals surface area contributed by atoms with Gasteiger partial charge >= 0.3 is 5.63 Å². The molecule has 0 unspecified atom stereocenters. The van der Waals surface area contributed by atoms with Gasteiger partial charge in [-0.15, -0.1) is 0 Å². The van der Waals surface area contributed by atoms with Crippen molar-refractivity contribution in [3.05, 3.63) is 136 Å². The standard InChI is InChI=1S/C29H20ClNO3/c30-25-18-22(15-16-23(25)24-17-21-13-7-8-14-26(21)34-29(24)33)31-28(32)27(19-9-3-1-4-10-19)20-11-5-2-6-12-20/h1-18,27H,(H,31,32). The zero-order chi connectivity index (χ0) is 23.5. The van der Waals surface area contributed by atoms with Crippen molar-refractivity contribution >= 4 is 34.2 Å². The first kappa shape index (κ1) is 21.7. The fraction of sp³-hybridized carbons (Fsp3) is 0.0345. The summed E-state index contributed by atoms with van der Waals surface area (Å²) in [5, 5.41) is 4.13. The molecule has 0 saturated carbocycles. The van der Waals surface area contributed by atoms with Crippen LogP contribution in [0.1, 0.15) is 17.0 Å². The molecule has 0 atom stereocenters. The Morgan fingerprint density at radius 2 is 1.35 bits per heavy atom. The normalized spacial score (nSPS) is 11.0. The molecule has 1 heterocycles. The number of benzene rings is 4. The zero-order valence-electron chi connectivity index (χ0n) is 18.1. The second-order valence-electron chi connectivity index (χ2n) is 7.92. The van der Waals surface area contributed by atoms with E-state index in [1.54, 1.807) is 30.3 Å². The average Bonchev–Trinajstić information content (AvgIpc) is 2.85. The predicted molar refractivity (Wildman–Crippen MR) is 136 cm³/mol. The van der Waals surface area contributed by atoms with Crippen molar-refractivity contribution in [3.8, 4) is 11.1 Å². The first-order chi connectivity index (χ1) is 16.6. The summed E-state index contributed by atoms with van der Waals surface area (Å²) in [5.74, 6) is -0.653. The first-order valence-electron chi connectivity index (χ1n) is 10.8. The summed E-state index contributed by atoms with van der Waals surface area (Å²) in [6.45, 7) is 0. The lowest BCUT2D eigenvalue weighted by molar-refractivity contribution is -0.116. The molecular weight excluding hydrogens is 446 g/mol. The van der Waals surface area contributed by atoms with E-state index in [0.717, 1.165) is 16.5 Å². The lowest BCUT2D eigenvalue weighted by Gasteiger charge is -2.18. The van der Waals surface area contributed by atoms with Crippen molar-refractivity contribution in [2.45, 2.75) is 5.92 Å². The van der Waals surface area contributed by atoms with Crippen molar-refractivity contribution in [1.82, 2.24) is 0 Å². The first-order valence-corrected chi connectivity index (χ1v) is 11.2. The van der Waals surface area contributed by atoms with Crippen LogP contribution in [0.3, 0.4) is 0 Å². The van der Waals surface area contributed by atoms with Gasteiger partial charge < -0.3 is 9.73 Å². The highest BCUT2D eigenvalue weighted by atomic mass is 35.5. The Labute approximate surface area is 201 Å². The van der Waals surface area contributed by atoms with Gasteiger partial charge in [0.2, 0.25) is 5.91 Å². The van der Waals surface area contributed by atoms with E-state index in [4.69, 9.17) is 16.0 Å². The second-order valence-corrected chi connectivity index (χ2v) is 8.33. The lowest BCUT2D eigenvalue weighted by atomic mass is 9.90. The number of hydrogen-bond donors (Lipinski definition) is 1. The largest absolute Gasteiger partial charge is 0.422 e. The van der Waals surface area contributed by atoms with Gasteiger partial charge in [-0.25, -0.2) is 4.79 Å². The molecule has 0 fully saturated rings. The maximum atomic E-state index is 13.4. The lowest BCUT2D eigenvalue weighted by Crippen LogP contribution is -2.22. The molecule has 166 valence electrons. The number of carbonyl (C=O) groups is 1. The van der Waals surface area contributed by atoms with Gasteiger partial charge in [0.05, 0.1) is 16.5 Å².